The first kappa shape index (κ1) is 33.5. The molecule has 3 unspecified atom stereocenters. The number of nitrogens with one attached hydrogen (secondary N) is 1. The molecule has 1 amide bonds. The molecule has 1 saturated carbocycles. The van der Waals surface area contributed by atoms with Crippen molar-refractivity contribution in [3.05, 3.63) is 35.4 Å². The Hall–Kier alpha value is -2.50. The van der Waals surface area contributed by atoms with Crippen LogP contribution in [0.15, 0.2) is 24.3 Å². The molecule has 2 fully saturated rings. The third-order valence-electron chi connectivity index (χ3n) is 6.70. The summed E-state index contributed by atoms with van der Waals surface area (Å²) in [6, 6.07) is 5.80. The Labute approximate surface area is 220 Å². The molecule has 1 aliphatic heterocycles. The maximum atomic E-state index is 10.9. The first-order chi connectivity index (χ1) is 17.3. The Morgan fingerprint density at radius 3 is 2.22 bits per heavy atom. The molecule has 0 spiro atoms. The van der Waals surface area contributed by atoms with Crippen molar-refractivity contribution in [2.24, 2.45) is 17.8 Å². The van der Waals surface area contributed by atoms with Crippen LogP contribution in [-0.2, 0) is 14.4 Å². The van der Waals surface area contributed by atoms with E-state index in [1.165, 1.54) is 46.0 Å². The number of carbonyl (C=O) groups is 3. The van der Waals surface area contributed by atoms with Gasteiger partial charge in [-0.15, -0.1) is 0 Å². The number of hydrogen-bond acceptors (Lipinski definition) is 4. The molecular weight excluding hydrogens is 449 g/mol. The minimum atomic E-state index is 0.0373. The fraction of sp³-hybridized carbons (Fsp3) is 0.600. The van der Waals surface area contributed by atoms with Gasteiger partial charge in [-0.05, 0) is 56.4 Å². The van der Waals surface area contributed by atoms with Gasteiger partial charge in [0, 0.05) is 5.56 Å². The third-order valence-corrected chi connectivity index (χ3v) is 6.70. The molecule has 5 nitrogen and oxygen atoms in total. The van der Waals surface area contributed by atoms with E-state index in [4.69, 9.17) is 17.0 Å². The van der Waals surface area contributed by atoms with Gasteiger partial charge in [0.1, 0.15) is 12.0 Å². The van der Waals surface area contributed by atoms with Crippen LogP contribution in [0.2, 0.25) is 0 Å². The van der Waals surface area contributed by atoms with Crippen LogP contribution in [0.5, 0.6) is 5.75 Å². The molecule has 3 atom stereocenters. The number of carbonyl (C=O) groups excluding carboxylic acids is 3. The van der Waals surface area contributed by atoms with E-state index in [1.807, 2.05) is 25.1 Å². The number of hydrogen-bond donors (Lipinski definition) is 1. The Morgan fingerprint density at radius 2 is 1.78 bits per heavy atom. The van der Waals surface area contributed by atoms with Gasteiger partial charge in [-0.25, -0.2) is 0 Å². The number of benzene rings is 1. The van der Waals surface area contributed by atoms with E-state index in [2.05, 4.69) is 19.2 Å². The normalized spacial score (nSPS) is 20.0. The van der Waals surface area contributed by atoms with Crippen LogP contribution < -0.4 is 10.1 Å². The van der Waals surface area contributed by atoms with Crippen molar-refractivity contribution >= 4 is 37.5 Å². The molecule has 6 heteroatoms. The maximum absolute atomic E-state index is 10.9. The van der Waals surface area contributed by atoms with Crippen molar-refractivity contribution in [1.82, 2.24) is 5.32 Å². The Morgan fingerprint density at radius 1 is 1.17 bits per heavy atom. The van der Waals surface area contributed by atoms with E-state index in [9.17, 15) is 9.59 Å². The molecule has 36 heavy (non-hydrogen) atoms. The van der Waals surface area contributed by atoms with E-state index in [1.54, 1.807) is 25.2 Å². The fourth-order valence-corrected chi connectivity index (χ4v) is 4.65. The number of amides is 1. The number of methoxy groups -OCH3 is 1. The standard InChI is InChI=1S/C12H14O2.C9H18.C7H11BNO.C2H4O/c1-9-5-4-6-12(14-3)11(9)8-7-10(2)13;1-3-8-6-5-7-9(8)4-2;8-4-1-2-6-3-5-9-7(6)10;1-2-3/h4-8H,1-3H3;8-9H,3-7H2,1-2H3;4,6H,1-3,5H2,(H,9,10);2H,1H3/b8-7+;;;. The summed E-state index contributed by atoms with van der Waals surface area (Å²) in [7, 11) is 6.82. The van der Waals surface area contributed by atoms with Crippen LogP contribution in [0.4, 0.5) is 0 Å². The Bertz CT molecular complexity index is 811. The predicted octanol–water partition coefficient (Wildman–Crippen LogP) is 5.91. The van der Waals surface area contributed by atoms with Gasteiger partial charge in [0.05, 0.1) is 7.11 Å². The summed E-state index contributed by atoms with van der Waals surface area (Å²) in [4.78, 5) is 30.5. The van der Waals surface area contributed by atoms with Gasteiger partial charge in [-0.2, -0.15) is 0 Å². The van der Waals surface area contributed by atoms with E-state index >= 15 is 0 Å². The molecule has 1 saturated heterocycles. The average molecular weight is 497 g/mol. The van der Waals surface area contributed by atoms with Crippen molar-refractivity contribution in [3.8, 4) is 5.75 Å². The van der Waals surface area contributed by atoms with Crippen molar-refractivity contribution in [3.63, 3.8) is 0 Å². The van der Waals surface area contributed by atoms with Gasteiger partial charge in [0.25, 0.3) is 0 Å². The van der Waals surface area contributed by atoms with Crippen molar-refractivity contribution in [2.75, 3.05) is 13.7 Å². The molecule has 1 aromatic carbocycles. The fourth-order valence-electron chi connectivity index (χ4n) is 4.65. The number of aryl methyl sites for hydroxylation is 1. The monoisotopic (exact) mass is 496 g/mol. The van der Waals surface area contributed by atoms with Crippen molar-refractivity contribution < 1.29 is 19.1 Å². The second-order valence-corrected chi connectivity index (χ2v) is 9.23. The summed E-state index contributed by atoms with van der Waals surface area (Å²) in [5, 5.41) is 2.78. The molecule has 0 aromatic heterocycles. The SMILES string of the molecule is CC=O.CCC1CCCC1CC.COc1cccc(C)c1/C=C/C(C)=O.[B]=CCCC1CCNC1=O. The molecular formula is C30H47BNO4. The quantitative estimate of drug-likeness (QED) is 0.276. The van der Waals surface area contributed by atoms with Crippen LogP contribution in [0.1, 0.15) is 90.2 Å². The van der Waals surface area contributed by atoms with Crippen molar-refractivity contribution in [1.29, 1.82) is 0 Å². The van der Waals surface area contributed by atoms with Crippen LogP contribution in [0, 0.1) is 24.7 Å². The van der Waals surface area contributed by atoms with Gasteiger partial charge < -0.3 is 9.53 Å². The topological polar surface area (TPSA) is 72.5 Å². The number of allylic oxidation sites excluding steroid dienone is 1. The van der Waals surface area contributed by atoms with Crippen LogP contribution in [-0.4, -0.2) is 45.1 Å². The summed E-state index contributed by atoms with van der Waals surface area (Å²) in [5.74, 6) is 5.02. The molecule has 1 aliphatic carbocycles. The number of aldehydes is 1. The molecule has 1 radical (unpaired) electrons. The zero-order valence-corrected chi connectivity index (χ0v) is 23.3. The summed E-state index contributed by atoms with van der Waals surface area (Å²) in [6.07, 6.45) is 14.2. The third kappa shape index (κ3) is 13.6. The first-order valence-electron chi connectivity index (χ1n) is 13.3. The Balaban J connectivity index is 0.000000495. The van der Waals surface area contributed by atoms with Gasteiger partial charge in [-0.3, -0.25) is 4.79 Å². The van der Waals surface area contributed by atoms with Crippen molar-refractivity contribution in [2.45, 2.75) is 86.0 Å². The Kier molecular flexibility index (Phi) is 19.2. The number of ether oxygens (including phenoxy) is 1. The number of rotatable bonds is 8. The summed E-state index contributed by atoms with van der Waals surface area (Å²) < 4.78 is 5.20. The molecule has 3 rings (SSSR count). The van der Waals surface area contributed by atoms with Gasteiger partial charge in [0.2, 0.25) is 0 Å². The minimum absolute atomic E-state index is 0.0373. The van der Waals surface area contributed by atoms with Gasteiger partial charge in [0.15, 0.2) is 5.78 Å². The van der Waals surface area contributed by atoms with Gasteiger partial charge >= 0.3 is 61.2 Å². The van der Waals surface area contributed by atoms with E-state index in [-0.39, 0.29) is 17.6 Å². The summed E-state index contributed by atoms with van der Waals surface area (Å²) in [5.41, 5.74) is 2.06. The zero-order valence-electron chi connectivity index (χ0n) is 23.3. The molecule has 1 heterocycles. The van der Waals surface area contributed by atoms with Gasteiger partial charge in [-0.1, -0.05) is 58.1 Å². The number of ketones is 1. The van der Waals surface area contributed by atoms with Crippen LogP contribution >= 0.6 is 0 Å². The van der Waals surface area contributed by atoms with E-state index < -0.39 is 0 Å². The molecule has 199 valence electrons. The molecule has 1 aromatic rings. The zero-order chi connectivity index (χ0) is 27.3. The van der Waals surface area contributed by atoms with E-state index in [0.717, 1.165) is 60.8 Å². The molecule has 2 aliphatic rings. The van der Waals surface area contributed by atoms with Crippen LogP contribution in [0.3, 0.4) is 0 Å². The first-order valence-corrected chi connectivity index (χ1v) is 13.3. The van der Waals surface area contributed by atoms with E-state index in [0.29, 0.717) is 0 Å². The molecule has 1 N–H and O–H groups in total. The van der Waals surface area contributed by atoms with Crippen LogP contribution in [0.25, 0.3) is 6.08 Å². The second-order valence-electron chi connectivity index (χ2n) is 9.23. The summed E-state index contributed by atoms with van der Waals surface area (Å²) in [6.45, 7) is 10.5. The average Bonchev–Trinajstić information content (AvgIpc) is 3.51. The summed E-state index contributed by atoms with van der Waals surface area (Å²) >= 11 is 0. The second kappa shape index (κ2) is 20.7. The molecule has 0 bridgehead atoms. The predicted molar refractivity (Wildman–Crippen MR) is 153 cm³/mol.